The summed E-state index contributed by atoms with van der Waals surface area (Å²) in [5.41, 5.74) is 7.42. The SMILES string of the molecule is CCn1c2ccccc2c2cc(/C=C3/Cc4cc(NC)ccc4C3=O)ccc21. The number of aryl methyl sites for hydroxylation is 1. The first-order valence-electron chi connectivity index (χ1n) is 9.76. The van der Waals surface area contributed by atoms with Gasteiger partial charge in [0, 0.05) is 58.6 Å². The molecule has 1 heterocycles. The van der Waals surface area contributed by atoms with Gasteiger partial charge in [-0.15, -0.1) is 0 Å². The number of allylic oxidation sites excluding steroid dienone is 1. The predicted molar refractivity (Wildman–Crippen MR) is 117 cm³/mol. The first-order chi connectivity index (χ1) is 13.7. The summed E-state index contributed by atoms with van der Waals surface area (Å²) in [7, 11) is 1.90. The van der Waals surface area contributed by atoms with Crippen LogP contribution in [0.2, 0.25) is 0 Å². The zero-order valence-electron chi connectivity index (χ0n) is 16.1. The molecule has 0 radical (unpaired) electrons. The molecule has 0 unspecified atom stereocenters. The summed E-state index contributed by atoms with van der Waals surface area (Å²) in [5.74, 6) is 0.147. The van der Waals surface area contributed by atoms with E-state index in [2.05, 4.69) is 71.4 Å². The summed E-state index contributed by atoms with van der Waals surface area (Å²) in [6, 6.07) is 21.0. The van der Waals surface area contributed by atoms with Gasteiger partial charge in [0.2, 0.25) is 0 Å². The molecule has 0 saturated carbocycles. The third kappa shape index (κ3) is 2.47. The highest BCUT2D eigenvalue weighted by atomic mass is 16.1. The van der Waals surface area contributed by atoms with Crippen molar-refractivity contribution in [3.63, 3.8) is 0 Å². The molecule has 0 amide bonds. The molecule has 1 N–H and O–H groups in total. The largest absolute Gasteiger partial charge is 0.388 e. The number of hydrogen-bond donors (Lipinski definition) is 1. The molecule has 0 bridgehead atoms. The Hall–Kier alpha value is -3.33. The lowest BCUT2D eigenvalue weighted by Gasteiger charge is -2.03. The minimum atomic E-state index is 0.147. The van der Waals surface area contributed by atoms with Gasteiger partial charge < -0.3 is 9.88 Å². The van der Waals surface area contributed by atoms with Crippen LogP contribution in [0.1, 0.15) is 28.4 Å². The normalized spacial score (nSPS) is 14.9. The highest BCUT2D eigenvalue weighted by molar-refractivity contribution is 6.16. The van der Waals surface area contributed by atoms with Crippen LogP contribution in [-0.4, -0.2) is 17.4 Å². The number of carbonyl (C=O) groups excluding carboxylic acids is 1. The first-order valence-corrected chi connectivity index (χ1v) is 9.76. The molecule has 0 spiro atoms. The molecule has 3 nitrogen and oxygen atoms in total. The zero-order valence-corrected chi connectivity index (χ0v) is 16.1. The van der Waals surface area contributed by atoms with Crippen LogP contribution in [-0.2, 0) is 13.0 Å². The number of Topliss-reactive ketones (excluding diaryl/α,β-unsaturated/α-hetero) is 1. The number of para-hydroxylation sites is 1. The smallest absolute Gasteiger partial charge is 0.189 e. The Balaban J connectivity index is 1.61. The van der Waals surface area contributed by atoms with E-state index in [0.717, 1.165) is 34.5 Å². The highest BCUT2D eigenvalue weighted by Crippen LogP contribution is 2.33. The molecule has 0 fully saturated rings. The fraction of sp³-hybridized carbons (Fsp3) is 0.160. The van der Waals surface area contributed by atoms with Crippen molar-refractivity contribution < 1.29 is 4.79 Å². The number of anilines is 1. The third-order valence-electron chi connectivity index (χ3n) is 5.76. The molecular weight excluding hydrogens is 344 g/mol. The van der Waals surface area contributed by atoms with E-state index in [1.165, 1.54) is 21.8 Å². The van der Waals surface area contributed by atoms with Crippen LogP contribution in [0.4, 0.5) is 5.69 Å². The number of nitrogens with zero attached hydrogens (tertiary/aromatic N) is 1. The lowest BCUT2D eigenvalue weighted by Crippen LogP contribution is -1.96. The molecule has 1 aliphatic rings. The summed E-state index contributed by atoms with van der Waals surface area (Å²) >= 11 is 0. The van der Waals surface area contributed by atoms with Crippen LogP contribution in [0.3, 0.4) is 0 Å². The van der Waals surface area contributed by atoms with Crippen molar-refractivity contribution >= 4 is 39.4 Å². The van der Waals surface area contributed by atoms with Crippen molar-refractivity contribution in [2.75, 3.05) is 12.4 Å². The van der Waals surface area contributed by atoms with Gasteiger partial charge in [-0.3, -0.25) is 4.79 Å². The van der Waals surface area contributed by atoms with E-state index < -0.39 is 0 Å². The van der Waals surface area contributed by atoms with Gasteiger partial charge >= 0.3 is 0 Å². The van der Waals surface area contributed by atoms with Crippen LogP contribution in [0.5, 0.6) is 0 Å². The average molecular weight is 366 g/mol. The summed E-state index contributed by atoms with van der Waals surface area (Å²) < 4.78 is 2.34. The molecule has 28 heavy (non-hydrogen) atoms. The number of benzene rings is 3. The Morgan fingerprint density at radius 3 is 2.64 bits per heavy atom. The zero-order chi connectivity index (χ0) is 19.3. The molecule has 0 aliphatic heterocycles. The number of rotatable bonds is 3. The van der Waals surface area contributed by atoms with Gasteiger partial charge in [-0.05, 0) is 60.5 Å². The predicted octanol–water partition coefficient (Wildman–Crippen LogP) is 5.68. The van der Waals surface area contributed by atoms with Gasteiger partial charge in [0.25, 0.3) is 0 Å². The second-order valence-electron chi connectivity index (χ2n) is 7.34. The van der Waals surface area contributed by atoms with Gasteiger partial charge in [0.15, 0.2) is 5.78 Å². The van der Waals surface area contributed by atoms with E-state index in [0.29, 0.717) is 6.42 Å². The average Bonchev–Trinajstić information content (AvgIpc) is 3.22. The first kappa shape index (κ1) is 16.8. The van der Waals surface area contributed by atoms with Crippen LogP contribution in [0.15, 0.2) is 66.2 Å². The fourth-order valence-corrected chi connectivity index (χ4v) is 4.39. The molecule has 4 aromatic rings. The molecule has 1 aliphatic carbocycles. The van der Waals surface area contributed by atoms with E-state index in [4.69, 9.17) is 0 Å². The monoisotopic (exact) mass is 366 g/mol. The van der Waals surface area contributed by atoms with Crippen LogP contribution in [0.25, 0.3) is 27.9 Å². The van der Waals surface area contributed by atoms with Crippen molar-refractivity contribution in [2.24, 2.45) is 0 Å². The van der Waals surface area contributed by atoms with Crippen molar-refractivity contribution in [1.82, 2.24) is 4.57 Å². The van der Waals surface area contributed by atoms with E-state index >= 15 is 0 Å². The van der Waals surface area contributed by atoms with Crippen LogP contribution in [0, 0.1) is 0 Å². The molecule has 1 aromatic heterocycles. The maximum absolute atomic E-state index is 12.8. The lowest BCUT2D eigenvalue weighted by molar-refractivity contribution is 0.104. The van der Waals surface area contributed by atoms with Gasteiger partial charge in [-0.25, -0.2) is 0 Å². The van der Waals surface area contributed by atoms with E-state index in [9.17, 15) is 4.79 Å². The number of aromatic nitrogens is 1. The standard InChI is InChI=1S/C25H22N2O/c1-3-27-23-7-5-4-6-21(23)22-13-16(8-11-24(22)27)12-18-14-17-15-19(26-2)9-10-20(17)25(18)28/h4-13,15,26H,3,14H2,1-2H3/b18-12-. The minimum absolute atomic E-state index is 0.147. The van der Waals surface area contributed by atoms with Crippen molar-refractivity contribution in [1.29, 1.82) is 0 Å². The van der Waals surface area contributed by atoms with Gasteiger partial charge in [0.05, 0.1) is 0 Å². The fourth-order valence-electron chi connectivity index (χ4n) is 4.39. The van der Waals surface area contributed by atoms with Crippen molar-refractivity contribution in [2.45, 2.75) is 19.9 Å². The summed E-state index contributed by atoms with van der Waals surface area (Å²) in [5, 5.41) is 5.65. The van der Waals surface area contributed by atoms with Crippen molar-refractivity contribution in [3.05, 3.63) is 82.9 Å². The molecule has 3 aromatic carbocycles. The molecular formula is C25H22N2O. The lowest BCUT2D eigenvalue weighted by atomic mass is 10.0. The van der Waals surface area contributed by atoms with E-state index in [1.54, 1.807) is 0 Å². The maximum atomic E-state index is 12.8. The van der Waals surface area contributed by atoms with E-state index in [1.807, 2.05) is 19.2 Å². The van der Waals surface area contributed by atoms with Crippen LogP contribution < -0.4 is 5.32 Å². The Labute approximate surface area is 164 Å². The number of nitrogens with one attached hydrogen (secondary N) is 1. The van der Waals surface area contributed by atoms with E-state index in [-0.39, 0.29) is 5.78 Å². The van der Waals surface area contributed by atoms with Gasteiger partial charge in [-0.2, -0.15) is 0 Å². The third-order valence-corrected chi connectivity index (χ3v) is 5.76. The summed E-state index contributed by atoms with van der Waals surface area (Å²) in [4.78, 5) is 12.8. The molecule has 0 saturated heterocycles. The molecule has 3 heteroatoms. The number of carbonyl (C=O) groups is 1. The number of fused-ring (bicyclic) bond motifs is 4. The van der Waals surface area contributed by atoms with Crippen molar-refractivity contribution in [3.8, 4) is 0 Å². The topological polar surface area (TPSA) is 34.0 Å². The highest BCUT2D eigenvalue weighted by Gasteiger charge is 2.24. The maximum Gasteiger partial charge on any atom is 0.189 e. The number of hydrogen-bond acceptors (Lipinski definition) is 2. The second kappa shape index (κ2) is 6.38. The second-order valence-corrected chi connectivity index (χ2v) is 7.34. The van der Waals surface area contributed by atoms with Gasteiger partial charge in [0.1, 0.15) is 0 Å². The quantitative estimate of drug-likeness (QED) is 0.473. The Bertz CT molecular complexity index is 1280. The Kier molecular flexibility index (Phi) is 3.83. The Morgan fingerprint density at radius 2 is 1.82 bits per heavy atom. The number of ketones is 1. The van der Waals surface area contributed by atoms with Gasteiger partial charge in [-0.1, -0.05) is 24.3 Å². The summed E-state index contributed by atoms with van der Waals surface area (Å²) in [6.45, 7) is 3.11. The summed E-state index contributed by atoms with van der Waals surface area (Å²) in [6.07, 6.45) is 2.75. The molecule has 138 valence electrons. The molecule has 0 atom stereocenters. The minimum Gasteiger partial charge on any atom is -0.388 e. The van der Waals surface area contributed by atoms with Crippen LogP contribution >= 0.6 is 0 Å². The molecule has 5 rings (SSSR count). The Morgan fingerprint density at radius 1 is 1.00 bits per heavy atom.